The highest BCUT2D eigenvalue weighted by Crippen LogP contribution is 2.27. The molecule has 0 aliphatic heterocycles. The number of halogens is 1. The average Bonchev–Trinajstić information content (AvgIpc) is 1.67. The van der Waals surface area contributed by atoms with Crippen LogP contribution < -0.4 is 0 Å². The van der Waals surface area contributed by atoms with Crippen LogP contribution in [0.2, 0.25) is 0 Å². The molecule has 0 unspecified atom stereocenters. The predicted octanol–water partition coefficient (Wildman–Crippen LogP) is 1.69. The van der Waals surface area contributed by atoms with Gasteiger partial charge in [-0.25, -0.2) is 0 Å². The van der Waals surface area contributed by atoms with Crippen LogP contribution in [0.3, 0.4) is 0 Å². The lowest BCUT2D eigenvalue weighted by Gasteiger charge is -2.22. The molecule has 0 saturated carbocycles. The van der Waals surface area contributed by atoms with Crippen molar-refractivity contribution >= 4 is 23.4 Å². The Kier molecular flexibility index (Phi) is 3.17. The molecule has 0 aliphatic carbocycles. The lowest BCUT2D eigenvalue weighted by Crippen LogP contribution is -2.27. The summed E-state index contributed by atoms with van der Waals surface area (Å²) in [5.41, 5.74) is -0.752. The molecule has 0 spiro atoms. The van der Waals surface area contributed by atoms with Crippen LogP contribution in [-0.2, 0) is 0 Å². The zero-order valence-corrected chi connectivity index (χ0v) is 6.88. The van der Waals surface area contributed by atoms with Crippen LogP contribution in [0.1, 0.15) is 13.8 Å². The molecule has 0 aromatic rings. The molecule has 1 N–H and O–H groups in total. The zero-order valence-electron chi connectivity index (χ0n) is 5.31. The van der Waals surface area contributed by atoms with Crippen molar-refractivity contribution in [2.24, 2.45) is 0 Å². The number of rotatable bonds is 2. The molecule has 8 heavy (non-hydrogen) atoms. The Labute approximate surface area is 59.4 Å². The standard InChI is InChI=1S/C5H11ClOS/c1-5(2,8-3)4(6)7/h4,7H,1-3H3/t4-/m1/s1. The van der Waals surface area contributed by atoms with E-state index in [1.807, 2.05) is 20.1 Å². The van der Waals surface area contributed by atoms with Crippen LogP contribution in [0.5, 0.6) is 0 Å². The van der Waals surface area contributed by atoms with E-state index in [0.717, 1.165) is 0 Å². The van der Waals surface area contributed by atoms with Crippen LogP contribution in [0.25, 0.3) is 0 Å². The molecule has 1 nitrogen and oxygen atoms in total. The fraction of sp³-hybridized carbons (Fsp3) is 1.00. The minimum atomic E-state index is -0.752. The van der Waals surface area contributed by atoms with Crippen LogP contribution in [0, 0.1) is 0 Å². The van der Waals surface area contributed by atoms with Gasteiger partial charge < -0.3 is 5.11 Å². The van der Waals surface area contributed by atoms with Crippen molar-refractivity contribution in [3.05, 3.63) is 0 Å². The Morgan fingerprint density at radius 2 is 2.00 bits per heavy atom. The van der Waals surface area contributed by atoms with Crippen molar-refractivity contribution in [2.45, 2.75) is 24.2 Å². The predicted molar refractivity (Wildman–Crippen MR) is 39.5 cm³/mol. The highest BCUT2D eigenvalue weighted by atomic mass is 35.5. The van der Waals surface area contributed by atoms with Gasteiger partial charge in [0.25, 0.3) is 0 Å². The molecule has 0 radical (unpaired) electrons. The summed E-state index contributed by atoms with van der Waals surface area (Å²) >= 11 is 6.96. The van der Waals surface area contributed by atoms with E-state index in [1.165, 1.54) is 0 Å². The number of alkyl halides is 1. The van der Waals surface area contributed by atoms with Gasteiger partial charge >= 0.3 is 0 Å². The van der Waals surface area contributed by atoms with Crippen molar-refractivity contribution in [1.82, 2.24) is 0 Å². The molecule has 0 fully saturated rings. The van der Waals surface area contributed by atoms with Gasteiger partial charge in [0.15, 0.2) is 0 Å². The van der Waals surface area contributed by atoms with Crippen LogP contribution in [-0.4, -0.2) is 21.7 Å². The average molecular weight is 155 g/mol. The van der Waals surface area contributed by atoms with Gasteiger partial charge in [0, 0.05) is 4.75 Å². The van der Waals surface area contributed by atoms with Crippen molar-refractivity contribution in [3.63, 3.8) is 0 Å². The Balaban J connectivity index is 3.71. The maximum Gasteiger partial charge on any atom is 0.142 e. The minimum Gasteiger partial charge on any atom is -0.376 e. The summed E-state index contributed by atoms with van der Waals surface area (Å²) in [5.74, 6) is 0. The second-order valence-corrected chi connectivity index (χ2v) is 4.02. The van der Waals surface area contributed by atoms with Gasteiger partial charge in [0.1, 0.15) is 5.56 Å². The SMILES string of the molecule is CSC(C)(C)[C@@H](O)Cl. The van der Waals surface area contributed by atoms with Crippen molar-refractivity contribution in [3.8, 4) is 0 Å². The third-order valence-corrected chi connectivity index (χ3v) is 3.05. The van der Waals surface area contributed by atoms with E-state index in [2.05, 4.69) is 0 Å². The largest absolute Gasteiger partial charge is 0.376 e. The van der Waals surface area contributed by atoms with Crippen LogP contribution in [0.15, 0.2) is 0 Å². The molecule has 1 atom stereocenters. The van der Waals surface area contributed by atoms with Crippen LogP contribution >= 0.6 is 23.4 Å². The Morgan fingerprint density at radius 1 is 1.62 bits per heavy atom. The van der Waals surface area contributed by atoms with E-state index >= 15 is 0 Å². The summed E-state index contributed by atoms with van der Waals surface area (Å²) in [6.45, 7) is 3.80. The lowest BCUT2D eigenvalue weighted by molar-refractivity contribution is 0.222. The lowest BCUT2D eigenvalue weighted by atomic mass is 10.2. The van der Waals surface area contributed by atoms with Crippen molar-refractivity contribution in [2.75, 3.05) is 6.26 Å². The zero-order chi connectivity index (χ0) is 6.78. The first-order valence-corrected chi connectivity index (χ1v) is 4.04. The first-order chi connectivity index (χ1) is 3.50. The van der Waals surface area contributed by atoms with E-state index in [9.17, 15) is 0 Å². The first-order valence-electron chi connectivity index (χ1n) is 2.38. The maximum absolute atomic E-state index is 8.82. The molecular weight excluding hydrogens is 144 g/mol. The highest BCUT2D eigenvalue weighted by Gasteiger charge is 2.23. The van der Waals surface area contributed by atoms with E-state index in [0.29, 0.717) is 0 Å². The van der Waals surface area contributed by atoms with Gasteiger partial charge in [-0.2, -0.15) is 11.8 Å². The molecule has 0 aromatic carbocycles. The Bertz CT molecular complexity index is 72.8. The van der Waals surface area contributed by atoms with Crippen molar-refractivity contribution in [1.29, 1.82) is 0 Å². The van der Waals surface area contributed by atoms with Gasteiger partial charge in [0.05, 0.1) is 0 Å². The summed E-state index contributed by atoms with van der Waals surface area (Å²) < 4.78 is -0.221. The molecule has 50 valence electrons. The van der Waals surface area contributed by atoms with E-state index in [-0.39, 0.29) is 4.75 Å². The summed E-state index contributed by atoms with van der Waals surface area (Å²) in [5, 5.41) is 8.82. The minimum absolute atomic E-state index is 0.221. The Morgan fingerprint density at radius 3 is 2.00 bits per heavy atom. The number of aliphatic hydroxyl groups excluding tert-OH is 1. The van der Waals surface area contributed by atoms with Gasteiger partial charge in [0.2, 0.25) is 0 Å². The summed E-state index contributed by atoms with van der Waals surface area (Å²) in [4.78, 5) is 0. The molecule has 0 amide bonds. The molecule has 0 rings (SSSR count). The third kappa shape index (κ3) is 2.25. The van der Waals surface area contributed by atoms with Gasteiger partial charge in [-0.05, 0) is 20.1 Å². The number of hydrogen-bond donors (Lipinski definition) is 1. The summed E-state index contributed by atoms with van der Waals surface area (Å²) in [6, 6.07) is 0. The molecule has 0 aliphatic rings. The van der Waals surface area contributed by atoms with Gasteiger partial charge in [-0.15, -0.1) is 0 Å². The molecule has 3 heteroatoms. The normalized spacial score (nSPS) is 16.1. The monoisotopic (exact) mass is 154 g/mol. The number of hydrogen-bond acceptors (Lipinski definition) is 2. The van der Waals surface area contributed by atoms with Crippen LogP contribution in [0.4, 0.5) is 0 Å². The summed E-state index contributed by atoms with van der Waals surface area (Å²) in [7, 11) is 0. The van der Waals surface area contributed by atoms with Crippen molar-refractivity contribution < 1.29 is 5.11 Å². The van der Waals surface area contributed by atoms with Gasteiger partial charge in [-0.1, -0.05) is 11.6 Å². The molecule has 0 aromatic heterocycles. The fourth-order valence-electron chi connectivity index (χ4n) is 0.0972. The molecule has 0 heterocycles. The van der Waals surface area contributed by atoms with Gasteiger partial charge in [-0.3, -0.25) is 0 Å². The van der Waals surface area contributed by atoms with E-state index in [4.69, 9.17) is 16.7 Å². The second-order valence-electron chi connectivity index (χ2n) is 2.14. The highest BCUT2D eigenvalue weighted by molar-refractivity contribution is 8.00. The Hall–Kier alpha value is 0.600. The molecule has 0 bridgehead atoms. The number of aliphatic hydroxyl groups is 1. The second kappa shape index (κ2) is 2.95. The fourth-order valence-corrected chi connectivity index (χ4v) is 0.559. The molecule has 0 saturated heterocycles. The maximum atomic E-state index is 8.82. The topological polar surface area (TPSA) is 20.2 Å². The smallest absolute Gasteiger partial charge is 0.142 e. The van der Waals surface area contributed by atoms with E-state index < -0.39 is 5.56 Å². The summed E-state index contributed by atoms with van der Waals surface area (Å²) in [6.07, 6.45) is 1.92. The van der Waals surface area contributed by atoms with E-state index in [1.54, 1.807) is 11.8 Å². The molecular formula is C5H11ClOS. The quantitative estimate of drug-likeness (QED) is 0.611. The number of thioether (sulfide) groups is 1. The third-order valence-electron chi connectivity index (χ3n) is 1.10. The first kappa shape index (κ1) is 8.60.